The molecule has 1 heterocycles. The monoisotopic (exact) mass is 186 g/mol. The van der Waals surface area contributed by atoms with Crippen molar-refractivity contribution in [1.82, 2.24) is 10.6 Å². The Morgan fingerprint density at radius 1 is 1.38 bits per heavy atom. The summed E-state index contributed by atoms with van der Waals surface area (Å²) in [5, 5.41) is 13.1. The molecule has 0 saturated carbocycles. The van der Waals surface area contributed by atoms with E-state index >= 15 is 0 Å². The molecule has 1 rings (SSSR count). The minimum atomic E-state index is -1.12. The molecule has 1 aliphatic rings. The second-order valence-corrected chi connectivity index (χ2v) is 2.89. The van der Waals surface area contributed by atoms with Crippen LogP contribution < -0.4 is 10.6 Å². The fourth-order valence-corrected chi connectivity index (χ4v) is 1.06. The van der Waals surface area contributed by atoms with Crippen molar-refractivity contribution in [3.63, 3.8) is 0 Å². The molecule has 0 unspecified atom stereocenters. The second kappa shape index (κ2) is 3.42. The van der Waals surface area contributed by atoms with E-state index in [0.717, 1.165) is 0 Å². The van der Waals surface area contributed by atoms with Crippen LogP contribution in [0.1, 0.15) is 13.3 Å². The Morgan fingerprint density at radius 3 is 2.54 bits per heavy atom. The minimum Gasteiger partial charge on any atom is -0.481 e. The standard InChI is InChI=1S/C7H10N2O4/c1-3-6(12)9-4(2-5(10)11)7(13)8-3/h3-4H,2H2,1H3,(H,8,13)(H,9,12)(H,10,11)/t3-,4+/m1/s1. The van der Waals surface area contributed by atoms with Crippen LogP contribution in [0.4, 0.5) is 0 Å². The maximum absolute atomic E-state index is 11.1. The van der Waals surface area contributed by atoms with E-state index in [-0.39, 0.29) is 12.3 Å². The summed E-state index contributed by atoms with van der Waals surface area (Å²) in [6, 6.07) is -1.53. The summed E-state index contributed by atoms with van der Waals surface area (Å²) in [6.07, 6.45) is -0.385. The van der Waals surface area contributed by atoms with Gasteiger partial charge in [0.1, 0.15) is 12.1 Å². The molecule has 0 aliphatic carbocycles. The minimum absolute atomic E-state index is 0.356. The molecule has 13 heavy (non-hydrogen) atoms. The summed E-state index contributed by atoms with van der Waals surface area (Å²) in [5.74, 6) is -1.92. The lowest BCUT2D eigenvalue weighted by Gasteiger charge is -2.26. The van der Waals surface area contributed by atoms with E-state index in [0.29, 0.717) is 0 Å². The number of aliphatic carboxylic acids is 1. The molecule has 1 aliphatic heterocycles. The summed E-state index contributed by atoms with van der Waals surface area (Å²) in [6.45, 7) is 1.53. The van der Waals surface area contributed by atoms with Crippen LogP contribution in [-0.4, -0.2) is 35.0 Å². The van der Waals surface area contributed by atoms with E-state index < -0.39 is 24.0 Å². The van der Waals surface area contributed by atoms with Crippen LogP contribution in [0.25, 0.3) is 0 Å². The third-order valence-electron chi connectivity index (χ3n) is 1.76. The first-order valence-electron chi connectivity index (χ1n) is 3.83. The third-order valence-corrected chi connectivity index (χ3v) is 1.76. The van der Waals surface area contributed by atoms with E-state index in [1.165, 1.54) is 6.92 Å². The van der Waals surface area contributed by atoms with Gasteiger partial charge in [-0.05, 0) is 6.92 Å². The number of carbonyl (C=O) groups excluding carboxylic acids is 2. The highest BCUT2D eigenvalue weighted by Crippen LogP contribution is 2.00. The molecular formula is C7H10N2O4. The first-order valence-corrected chi connectivity index (χ1v) is 3.83. The zero-order valence-corrected chi connectivity index (χ0v) is 7.03. The van der Waals surface area contributed by atoms with Gasteiger partial charge in [-0.2, -0.15) is 0 Å². The van der Waals surface area contributed by atoms with Gasteiger partial charge in [0.25, 0.3) is 0 Å². The quantitative estimate of drug-likeness (QED) is 0.487. The van der Waals surface area contributed by atoms with Crippen LogP contribution in [-0.2, 0) is 14.4 Å². The highest BCUT2D eigenvalue weighted by atomic mass is 16.4. The molecule has 0 aromatic carbocycles. The van der Waals surface area contributed by atoms with E-state index in [1.54, 1.807) is 0 Å². The van der Waals surface area contributed by atoms with Crippen LogP contribution in [0, 0.1) is 0 Å². The van der Waals surface area contributed by atoms with Crippen molar-refractivity contribution in [3.8, 4) is 0 Å². The average Bonchev–Trinajstić information content (AvgIpc) is 1.99. The number of carboxylic acids is 1. The number of piperazine rings is 1. The van der Waals surface area contributed by atoms with Crippen molar-refractivity contribution in [1.29, 1.82) is 0 Å². The van der Waals surface area contributed by atoms with Crippen molar-refractivity contribution in [2.75, 3.05) is 0 Å². The van der Waals surface area contributed by atoms with Crippen molar-refractivity contribution < 1.29 is 19.5 Å². The van der Waals surface area contributed by atoms with Crippen LogP contribution >= 0.6 is 0 Å². The predicted octanol–water partition coefficient (Wildman–Crippen LogP) is -1.54. The van der Waals surface area contributed by atoms with Gasteiger partial charge in [0.2, 0.25) is 11.8 Å². The maximum atomic E-state index is 11.1. The highest BCUT2D eigenvalue weighted by molar-refractivity contribution is 5.98. The summed E-state index contributed by atoms with van der Waals surface area (Å²) >= 11 is 0. The summed E-state index contributed by atoms with van der Waals surface area (Å²) in [4.78, 5) is 32.4. The fraction of sp³-hybridized carbons (Fsp3) is 0.571. The number of carboxylic acid groups (broad SMARTS) is 1. The Morgan fingerprint density at radius 2 is 2.00 bits per heavy atom. The average molecular weight is 186 g/mol. The maximum Gasteiger partial charge on any atom is 0.305 e. The lowest BCUT2D eigenvalue weighted by Crippen LogP contribution is -2.61. The summed E-state index contributed by atoms with van der Waals surface area (Å²) in [7, 11) is 0. The molecule has 0 spiro atoms. The van der Waals surface area contributed by atoms with E-state index in [2.05, 4.69) is 10.6 Å². The van der Waals surface area contributed by atoms with Gasteiger partial charge in [0.05, 0.1) is 6.42 Å². The molecular weight excluding hydrogens is 176 g/mol. The molecule has 2 atom stereocenters. The normalized spacial score (nSPS) is 27.8. The van der Waals surface area contributed by atoms with Gasteiger partial charge < -0.3 is 15.7 Å². The molecule has 0 aromatic rings. The third kappa shape index (κ3) is 2.17. The van der Waals surface area contributed by atoms with Gasteiger partial charge in [-0.15, -0.1) is 0 Å². The zero-order chi connectivity index (χ0) is 10.0. The van der Waals surface area contributed by atoms with Gasteiger partial charge in [0, 0.05) is 0 Å². The number of hydrogen-bond donors (Lipinski definition) is 3. The Kier molecular flexibility index (Phi) is 2.50. The topological polar surface area (TPSA) is 95.5 Å². The summed E-state index contributed by atoms with van der Waals surface area (Å²) < 4.78 is 0. The van der Waals surface area contributed by atoms with Crippen molar-refractivity contribution in [2.24, 2.45) is 0 Å². The molecule has 6 nitrogen and oxygen atoms in total. The molecule has 6 heteroatoms. The van der Waals surface area contributed by atoms with Gasteiger partial charge in [-0.3, -0.25) is 14.4 Å². The highest BCUT2D eigenvalue weighted by Gasteiger charge is 2.32. The fourth-order valence-electron chi connectivity index (χ4n) is 1.06. The van der Waals surface area contributed by atoms with E-state index in [4.69, 9.17) is 5.11 Å². The van der Waals surface area contributed by atoms with Crippen LogP contribution in [0.5, 0.6) is 0 Å². The van der Waals surface area contributed by atoms with Crippen molar-refractivity contribution in [2.45, 2.75) is 25.4 Å². The Hall–Kier alpha value is -1.59. The lowest BCUT2D eigenvalue weighted by molar-refractivity contribution is -0.143. The first kappa shape index (κ1) is 9.50. The largest absolute Gasteiger partial charge is 0.481 e. The number of amides is 2. The Bertz CT molecular complexity index is 263. The van der Waals surface area contributed by atoms with Gasteiger partial charge in [-0.1, -0.05) is 0 Å². The number of hydrogen-bond acceptors (Lipinski definition) is 3. The van der Waals surface area contributed by atoms with Gasteiger partial charge in [0.15, 0.2) is 0 Å². The van der Waals surface area contributed by atoms with Crippen molar-refractivity contribution >= 4 is 17.8 Å². The van der Waals surface area contributed by atoms with E-state index in [1.807, 2.05) is 0 Å². The number of nitrogens with one attached hydrogen (secondary N) is 2. The Labute approximate surface area is 74.3 Å². The molecule has 3 N–H and O–H groups in total. The summed E-state index contributed by atoms with van der Waals surface area (Å²) in [5.41, 5.74) is 0. The van der Waals surface area contributed by atoms with Crippen LogP contribution in [0.2, 0.25) is 0 Å². The smallest absolute Gasteiger partial charge is 0.305 e. The Balaban J connectivity index is 2.61. The lowest BCUT2D eigenvalue weighted by atomic mass is 10.1. The van der Waals surface area contributed by atoms with Crippen LogP contribution in [0.3, 0.4) is 0 Å². The molecule has 72 valence electrons. The molecule has 0 bridgehead atoms. The molecule has 1 saturated heterocycles. The van der Waals surface area contributed by atoms with Gasteiger partial charge >= 0.3 is 5.97 Å². The SMILES string of the molecule is C[C@H]1NC(=O)[C@H](CC(=O)O)NC1=O. The predicted molar refractivity (Wildman–Crippen MR) is 41.8 cm³/mol. The van der Waals surface area contributed by atoms with Crippen molar-refractivity contribution in [3.05, 3.63) is 0 Å². The van der Waals surface area contributed by atoms with Crippen LogP contribution in [0.15, 0.2) is 0 Å². The number of carbonyl (C=O) groups is 3. The number of rotatable bonds is 2. The molecule has 0 aromatic heterocycles. The van der Waals surface area contributed by atoms with Gasteiger partial charge in [-0.25, -0.2) is 0 Å². The first-order chi connectivity index (χ1) is 6.00. The molecule has 1 fully saturated rings. The molecule has 0 radical (unpaired) electrons. The van der Waals surface area contributed by atoms with E-state index in [9.17, 15) is 14.4 Å². The molecule has 2 amide bonds. The second-order valence-electron chi connectivity index (χ2n) is 2.89. The zero-order valence-electron chi connectivity index (χ0n) is 7.03.